The summed E-state index contributed by atoms with van der Waals surface area (Å²) in [7, 11) is 1.86. The number of hydrogen-bond acceptors (Lipinski definition) is 5. The molecule has 3 aromatic rings. The summed E-state index contributed by atoms with van der Waals surface area (Å²) < 4.78 is 8.57. The second-order valence-corrected chi connectivity index (χ2v) is 7.76. The van der Waals surface area contributed by atoms with Crippen LogP contribution < -0.4 is 10.1 Å². The first kappa shape index (κ1) is 19.4. The maximum Gasteiger partial charge on any atom is 0.234 e. The van der Waals surface area contributed by atoms with Crippen LogP contribution >= 0.6 is 27.7 Å². The van der Waals surface area contributed by atoms with E-state index in [4.69, 9.17) is 4.74 Å². The third-order valence-electron chi connectivity index (χ3n) is 3.74. The fraction of sp³-hybridized carbons (Fsp3) is 0.211. The second-order valence-electron chi connectivity index (χ2n) is 5.91. The first-order chi connectivity index (χ1) is 13.0. The Balaban J connectivity index is 1.52. The van der Waals surface area contributed by atoms with Gasteiger partial charge in [-0.15, -0.1) is 10.2 Å². The van der Waals surface area contributed by atoms with Gasteiger partial charge >= 0.3 is 0 Å². The van der Waals surface area contributed by atoms with E-state index in [1.165, 1.54) is 11.8 Å². The molecule has 140 valence electrons. The van der Waals surface area contributed by atoms with Gasteiger partial charge in [0, 0.05) is 17.2 Å². The van der Waals surface area contributed by atoms with Crippen LogP contribution in [0.15, 0.2) is 58.2 Å². The van der Waals surface area contributed by atoms with Gasteiger partial charge in [0.15, 0.2) is 11.0 Å². The van der Waals surface area contributed by atoms with Gasteiger partial charge in [0.2, 0.25) is 5.91 Å². The van der Waals surface area contributed by atoms with Crippen LogP contribution in [-0.2, 0) is 18.4 Å². The molecule has 3 rings (SSSR count). The molecule has 27 heavy (non-hydrogen) atoms. The molecule has 0 aliphatic carbocycles. The zero-order valence-electron chi connectivity index (χ0n) is 15.0. The molecule has 1 amide bonds. The number of hydrogen-bond donors (Lipinski definition) is 1. The number of nitrogens with one attached hydrogen (secondary N) is 1. The molecule has 1 heterocycles. The van der Waals surface area contributed by atoms with Crippen molar-refractivity contribution in [1.29, 1.82) is 0 Å². The zero-order chi connectivity index (χ0) is 19.2. The van der Waals surface area contributed by atoms with Crippen molar-refractivity contribution in [2.75, 3.05) is 11.1 Å². The molecular formula is C19H19BrN4O2S. The minimum absolute atomic E-state index is 0.0946. The lowest BCUT2D eigenvalue weighted by Crippen LogP contribution is -2.14. The van der Waals surface area contributed by atoms with Crippen molar-refractivity contribution in [1.82, 2.24) is 14.8 Å². The quantitative estimate of drug-likeness (QED) is 0.550. The largest absolute Gasteiger partial charge is 0.486 e. The summed E-state index contributed by atoms with van der Waals surface area (Å²) in [5.74, 6) is 1.65. The van der Waals surface area contributed by atoms with E-state index in [1.807, 2.05) is 67.1 Å². The Morgan fingerprint density at radius 1 is 1.22 bits per heavy atom. The number of carbonyl (C=O) groups is 1. The van der Waals surface area contributed by atoms with Crippen molar-refractivity contribution >= 4 is 39.3 Å². The maximum absolute atomic E-state index is 12.1. The van der Waals surface area contributed by atoms with Crippen LogP contribution in [0.2, 0.25) is 0 Å². The van der Waals surface area contributed by atoms with E-state index in [9.17, 15) is 4.79 Å². The monoisotopic (exact) mass is 446 g/mol. The van der Waals surface area contributed by atoms with Gasteiger partial charge in [-0.2, -0.15) is 0 Å². The number of carbonyl (C=O) groups excluding carboxylic acids is 1. The second kappa shape index (κ2) is 9.05. The molecule has 0 bridgehead atoms. The van der Waals surface area contributed by atoms with Gasteiger partial charge in [0.05, 0.1) is 5.75 Å². The van der Waals surface area contributed by atoms with Crippen molar-refractivity contribution in [2.24, 2.45) is 7.05 Å². The first-order valence-electron chi connectivity index (χ1n) is 8.27. The molecule has 0 fully saturated rings. The molecule has 1 aromatic heterocycles. The van der Waals surface area contributed by atoms with Crippen LogP contribution in [0.5, 0.6) is 5.75 Å². The third kappa shape index (κ3) is 5.58. The number of aryl methyl sites for hydroxylation is 1. The smallest absolute Gasteiger partial charge is 0.234 e. The van der Waals surface area contributed by atoms with E-state index in [0.29, 0.717) is 17.6 Å². The number of benzene rings is 2. The van der Waals surface area contributed by atoms with Crippen molar-refractivity contribution in [3.63, 3.8) is 0 Å². The Kier molecular flexibility index (Phi) is 6.52. The average Bonchev–Trinajstić information content (AvgIpc) is 3.00. The molecule has 0 radical (unpaired) electrons. The summed E-state index contributed by atoms with van der Waals surface area (Å²) >= 11 is 4.70. The Bertz CT molecular complexity index is 928. The molecule has 0 saturated heterocycles. The van der Waals surface area contributed by atoms with Gasteiger partial charge in [0.1, 0.15) is 12.4 Å². The number of aromatic nitrogens is 3. The van der Waals surface area contributed by atoms with Crippen LogP contribution in [0, 0.1) is 6.92 Å². The summed E-state index contributed by atoms with van der Waals surface area (Å²) in [6.45, 7) is 2.34. The number of halogens is 1. The van der Waals surface area contributed by atoms with Crippen molar-refractivity contribution in [3.8, 4) is 5.75 Å². The molecule has 8 heteroatoms. The predicted octanol–water partition coefficient (Wildman–Crippen LogP) is 4.20. The van der Waals surface area contributed by atoms with E-state index < -0.39 is 0 Å². The number of anilines is 1. The standard InChI is InChI=1S/C19H19BrN4O2S/c1-13-4-3-5-16(10-13)26-11-17-22-23-19(24(17)2)27-12-18(25)21-15-8-6-14(20)7-9-15/h3-10H,11-12H2,1-2H3,(H,21,25). The Morgan fingerprint density at radius 3 is 2.74 bits per heavy atom. The first-order valence-corrected chi connectivity index (χ1v) is 10.0. The highest BCUT2D eigenvalue weighted by Crippen LogP contribution is 2.19. The molecule has 2 aromatic carbocycles. The summed E-state index contributed by atoms with van der Waals surface area (Å²) in [5.41, 5.74) is 1.90. The van der Waals surface area contributed by atoms with Gasteiger partial charge < -0.3 is 14.6 Å². The van der Waals surface area contributed by atoms with Gasteiger partial charge in [-0.25, -0.2) is 0 Å². The minimum atomic E-state index is -0.0946. The highest BCUT2D eigenvalue weighted by Gasteiger charge is 2.12. The SMILES string of the molecule is Cc1cccc(OCc2nnc(SCC(=O)Nc3ccc(Br)cc3)n2C)c1. The zero-order valence-corrected chi connectivity index (χ0v) is 17.4. The summed E-state index contributed by atoms with van der Waals surface area (Å²) in [4.78, 5) is 12.1. The summed E-state index contributed by atoms with van der Waals surface area (Å²) in [6, 6.07) is 15.3. The van der Waals surface area contributed by atoms with Crippen LogP contribution in [0.4, 0.5) is 5.69 Å². The van der Waals surface area contributed by atoms with Crippen molar-refractivity contribution in [3.05, 3.63) is 64.4 Å². The number of nitrogens with zero attached hydrogens (tertiary/aromatic N) is 3. The molecule has 0 aliphatic rings. The third-order valence-corrected chi connectivity index (χ3v) is 5.29. The molecular weight excluding hydrogens is 428 g/mol. The molecule has 0 aliphatic heterocycles. The van der Waals surface area contributed by atoms with Gasteiger partial charge in [0.25, 0.3) is 0 Å². The van der Waals surface area contributed by atoms with E-state index >= 15 is 0 Å². The molecule has 1 N–H and O–H groups in total. The number of amides is 1. The van der Waals surface area contributed by atoms with Crippen molar-refractivity contribution in [2.45, 2.75) is 18.7 Å². The maximum atomic E-state index is 12.1. The summed E-state index contributed by atoms with van der Waals surface area (Å²) in [5, 5.41) is 11.8. The molecule has 0 saturated carbocycles. The summed E-state index contributed by atoms with van der Waals surface area (Å²) in [6.07, 6.45) is 0. The van der Waals surface area contributed by atoms with Gasteiger partial charge in [-0.3, -0.25) is 4.79 Å². The number of thioether (sulfide) groups is 1. The Hall–Kier alpha value is -2.32. The number of rotatable bonds is 7. The molecule has 6 nitrogen and oxygen atoms in total. The molecule has 0 spiro atoms. The van der Waals surface area contributed by atoms with Gasteiger partial charge in [-0.05, 0) is 48.9 Å². The van der Waals surface area contributed by atoms with E-state index in [2.05, 4.69) is 31.4 Å². The van der Waals surface area contributed by atoms with Crippen molar-refractivity contribution < 1.29 is 9.53 Å². The lowest BCUT2D eigenvalue weighted by molar-refractivity contribution is -0.113. The lowest BCUT2D eigenvalue weighted by atomic mass is 10.2. The Labute approximate surface area is 170 Å². The normalized spacial score (nSPS) is 10.6. The minimum Gasteiger partial charge on any atom is -0.486 e. The van der Waals surface area contributed by atoms with E-state index in [1.54, 1.807) is 0 Å². The average molecular weight is 447 g/mol. The highest BCUT2D eigenvalue weighted by molar-refractivity contribution is 9.10. The highest BCUT2D eigenvalue weighted by atomic mass is 79.9. The lowest BCUT2D eigenvalue weighted by Gasteiger charge is -2.07. The van der Waals surface area contributed by atoms with Crippen LogP contribution in [-0.4, -0.2) is 26.4 Å². The predicted molar refractivity (Wildman–Crippen MR) is 110 cm³/mol. The van der Waals surface area contributed by atoms with Crippen LogP contribution in [0.1, 0.15) is 11.4 Å². The van der Waals surface area contributed by atoms with E-state index in [0.717, 1.165) is 21.5 Å². The molecule has 0 atom stereocenters. The topological polar surface area (TPSA) is 69.0 Å². The fourth-order valence-electron chi connectivity index (χ4n) is 2.31. The van der Waals surface area contributed by atoms with E-state index in [-0.39, 0.29) is 11.7 Å². The number of ether oxygens (including phenoxy) is 1. The van der Waals surface area contributed by atoms with Gasteiger partial charge in [-0.1, -0.05) is 39.8 Å². The molecule has 0 unspecified atom stereocenters. The van der Waals surface area contributed by atoms with Crippen LogP contribution in [0.25, 0.3) is 0 Å². The fourth-order valence-corrected chi connectivity index (χ4v) is 3.30. The Morgan fingerprint density at radius 2 is 2.00 bits per heavy atom. The van der Waals surface area contributed by atoms with Crippen LogP contribution in [0.3, 0.4) is 0 Å².